The monoisotopic (exact) mass is 422 g/mol. The molecule has 0 bridgehead atoms. The zero-order chi connectivity index (χ0) is 20.5. The van der Waals surface area contributed by atoms with Crippen molar-refractivity contribution in [2.24, 2.45) is 4.99 Å². The quantitative estimate of drug-likeness (QED) is 0.723. The van der Waals surface area contributed by atoms with Gasteiger partial charge in [0, 0.05) is 49.5 Å². The molecule has 3 aliphatic heterocycles. The van der Waals surface area contributed by atoms with Crippen LogP contribution in [0.5, 0.6) is 0 Å². The maximum Gasteiger partial charge on any atom is 0.163 e. The second-order valence-electron chi connectivity index (χ2n) is 8.31. The van der Waals surface area contributed by atoms with Crippen LogP contribution >= 0.6 is 11.3 Å². The summed E-state index contributed by atoms with van der Waals surface area (Å²) in [6.07, 6.45) is 3.27. The maximum absolute atomic E-state index is 4.98. The number of hydrogen-bond donors (Lipinski definition) is 2. The van der Waals surface area contributed by atoms with Crippen LogP contribution in [-0.4, -0.2) is 68.1 Å². The van der Waals surface area contributed by atoms with Gasteiger partial charge in [-0.05, 0) is 38.6 Å². The number of nitrogens with one attached hydrogen (secondary N) is 2. The van der Waals surface area contributed by atoms with E-state index in [1.165, 1.54) is 47.3 Å². The van der Waals surface area contributed by atoms with Crippen LogP contribution in [0.4, 0.5) is 10.7 Å². The third-order valence-corrected chi connectivity index (χ3v) is 7.29. The van der Waals surface area contributed by atoms with E-state index in [1.807, 2.05) is 11.3 Å². The summed E-state index contributed by atoms with van der Waals surface area (Å²) in [5, 5.41) is 8.39. The topological polar surface area (TPSA) is 46.1 Å². The highest BCUT2D eigenvalue weighted by atomic mass is 32.1. The number of fused-ring (bicyclic) bond motifs is 3. The summed E-state index contributed by atoms with van der Waals surface area (Å²) in [5.74, 6) is 1.02. The summed E-state index contributed by atoms with van der Waals surface area (Å²) < 4.78 is 0. The average molecular weight is 423 g/mol. The fraction of sp³-hybridized carbons (Fsp3) is 0.435. The smallest absolute Gasteiger partial charge is 0.163 e. The van der Waals surface area contributed by atoms with Gasteiger partial charge in [-0.15, -0.1) is 11.3 Å². The van der Waals surface area contributed by atoms with Crippen molar-refractivity contribution in [2.45, 2.75) is 19.5 Å². The molecule has 2 aromatic rings. The number of allylic oxidation sites excluding steroid dienone is 1. The van der Waals surface area contributed by atoms with Crippen LogP contribution in [0, 0.1) is 0 Å². The van der Waals surface area contributed by atoms with Gasteiger partial charge in [-0.2, -0.15) is 0 Å². The van der Waals surface area contributed by atoms with Crippen molar-refractivity contribution in [3.8, 4) is 10.4 Å². The second-order valence-corrected chi connectivity index (χ2v) is 9.34. The summed E-state index contributed by atoms with van der Waals surface area (Å²) in [6.45, 7) is 8.84. The van der Waals surface area contributed by atoms with Gasteiger partial charge in [-0.3, -0.25) is 4.99 Å². The number of aliphatic imine (C=N–C) groups is 1. The Labute approximate surface area is 182 Å². The van der Waals surface area contributed by atoms with Crippen molar-refractivity contribution in [3.63, 3.8) is 0 Å². The predicted molar refractivity (Wildman–Crippen MR) is 127 cm³/mol. The number of hydrogen-bond acceptors (Lipinski definition) is 6. The van der Waals surface area contributed by atoms with Gasteiger partial charge in [0.2, 0.25) is 0 Å². The minimum atomic E-state index is 0.0726. The molecule has 1 atom stereocenters. The van der Waals surface area contributed by atoms with Gasteiger partial charge in [-0.25, -0.2) is 0 Å². The lowest BCUT2D eigenvalue weighted by Gasteiger charge is -2.34. The standard InChI is InChI=1S/C23H30N6S/c1-17-16-25-22-21(24-9-6-10-28-13-11-27(2)12-14-28)26-19-15-20(30-23(19)29(17)22)18-7-4-3-5-8-18/h3-5,7-8,15-16,22,25H,6,9-14H2,1-2H3,(H,24,26). The lowest BCUT2D eigenvalue weighted by Crippen LogP contribution is -2.49. The molecule has 0 saturated carbocycles. The molecule has 0 aliphatic carbocycles. The zero-order valence-corrected chi connectivity index (χ0v) is 18.6. The molecule has 1 unspecified atom stereocenters. The van der Waals surface area contributed by atoms with Crippen molar-refractivity contribution in [1.29, 1.82) is 0 Å². The van der Waals surface area contributed by atoms with Gasteiger partial charge in [0.15, 0.2) is 6.17 Å². The fourth-order valence-corrected chi connectivity index (χ4v) is 5.52. The first-order valence-corrected chi connectivity index (χ1v) is 11.6. The summed E-state index contributed by atoms with van der Waals surface area (Å²) >= 11 is 1.83. The van der Waals surface area contributed by atoms with Crippen molar-refractivity contribution in [3.05, 3.63) is 48.3 Å². The average Bonchev–Trinajstić information content (AvgIpc) is 3.37. The highest BCUT2D eigenvalue weighted by Gasteiger charge is 2.36. The Bertz CT molecular complexity index is 942. The van der Waals surface area contributed by atoms with Crippen molar-refractivity contribution < 1.29 is 0 Å². The molecule has 1 saturated heterocycles. The van der Waals surface area contributed by atoms with E-state index in [2.05, 4.69) is 81.9 Å². The van der Waals surface area contributed by atoms with Crippen LogP contribution in [0.2, 0.25) is 0 Å². The van der Waals surface area contributed by atoms with Crippen LogP contribution in [-0.2, 0) is 0 Å². The molecule has 1 aromatic carbocycles. The maximum atomic E-state index is 4.98. The second kappa shape index (κ2) is 8.41. The van der Waals surface area contributed by atoms with Crippen molar-refractivity contribution in [2.75, 3.05) is 56.5 Å². The van der Waals surface area contributed by atoms with E-state index < -0.39 is 0 Å². The molecule has 1 aromatic heterocycles. The number of benzene rings is 1. The van der Waals surface area contributed by atoms with Crippen LogP contribution in [0.25, 0.3) is 10.4 Å². The Morgan fingerprint density at radius 1 is 1.13 bits per heavy atom. The van der Waals surface area contributed by atoms with Crippen LogP contribution in [0.3, 0.4) is 0 Å². The number of thiophene rings is 1. The molecule has 5 rings (SSSR count). The van der Waals surface area contributed by atoms with Crippen molar-refractivity contribution in [1.82, 2.24) is 15.1 Å². The largest absolute Gasteiger partial charge is 0.363 e. The SMILES string of the molecule is CC1=CNC2C(=NCCCN3CCN(C)CC3)Nc3cc(-c4ccccc4)sc3N12. The number of anilines is 2. The first-order valence-electron chi connectivity index (χ1n) is 10.8. The molecule has 4 heterocycles. The van der Waals surface area contributed by atoms with Crippen LogP contribution < -0.4 is 15.5 Å². The number of amidine groups is 1. The minimum absolute atomic E-state index is 0.0726. The molecule has 158 valence electrons. The molecular formula is C23H30N6S. The Hall–Kier alpha value is -2.35. The molecule has 6 nitrogen and oxygen atoms in total. The molecule has 0 amide bonds. The minimum Gasteiger partial charge on any atom is -0.363 e. The lowest BCUT2D eigenvalue weighted by molar-refractivity contribution is 0.153. The molecule has 2 N–H and O–H groups in total. The van der Waals surface area contributed by atoms with E-state index in [-0.39, 0.29) is 6.17 Å². The fourth-order valence-electron chi connectivity index (χ4n) is 4.32. The van der Waals surface area contributed by atoms with Gasteiger partial charge in [0.05, 0.1) is 5.69 Å². The Morgan fingerprint density at radius 3 is 2.73 bits per heavy atom. The van der Waals surface area contributed by atoms with E-state index in [1.54, 1.807) is 0 Å². The number of likely N-dealkylation sites (N-methyl/N-ethyl adjacent to an activating group) is 1. The Balaban J connectivity index is 1.30. The van der Waals surface area contributed by atoms with Crippen LogP contribution in [0.1, 0.15) is 13.3 Å². The first-order chi connectivity index (χ1) is 14.7. The van der Waals surface area contributed by atoms with E-state index in [9.17, 15) is 0 Å². The first kappa shape index (κ1) is 19.6. The number of rotatable bonds is 5. The number of nitrogens with zero attached hydrogens (tertiary/aromatic N) is 4. The van der Waals surface area contributed by atoms with Gasteiger partial charge in [0.1, 0.15) is 10.8 Å². The molecule has 0 radical (unpaired) electrons. The summed E-state index contributed by atoms with van der Waals surface area (Å²) in [7, 11) is 2.20. The van der Waals surface area contributed by atoms with Gasteiger partial charge >= 0.3 is 0 Å². The summed E-state index contributed by atoms with van der Waals surface area (Å²) in [4.78, 5) is 13.6. The summed E-state index contributed by atoms with van der Waals surface area (Å²) in [5.41, 5.74) is 3.65. The predicted octanol–water partition coefficient (Wildman–Crippen LogP) is 3.47. The lowest BCUT2D eigenvalue weighted by atomic mass is 10.2. The van der Waals surface area contributed by atoms with E-state index in [0.29, 0.717) is 0 Å². The third kappa shape index (κ3) is 3.85. The normalized spacial score (nSPS) is 23.0. The van der Waals surface area contributed by atoms with E-state index in [4.69, 9.17) is 4.99 Å². The zero-order valence-electron chi connectivity index (χ0n) is 17.8. The van der Waals surface area contributed by atoms with Gasteiger partial charge in [-0.1, -0.05) is 30.3 Å². The summed E-state index contributed by atoms with van der Waals surface area (Å²) in [6, 6.07) is 12.9. The highest BCUT2D eigenvalue weighted by molar-refractivity contribution is 7.20. The third-order valence-electron chi connectivity index (χ3n) is 6.11. The number of piperazine rings is 1. The molecular weight excluding hydrogens is 392 g/mol. The Kier molecular flexibility index (Phi) is 5.50. The highest BCUT2D eigenvalue weighted by Crippen LogP contribution is 2.46. The van der Waals surface area contributed by atoms with E-state index in [0.717, 1.165) is 31.0 Å². The molecule has 0 spiro atoms. The van der Waals surface area contributed by atoms with Crippen molar-refractivity contribution >= 4 is 27.9 Å². The van der Waals surface area contributed by atoms with Crippen LogP contribution in [0.15, 0.2) is 53.3 Å². The molecule has 1 fully saturated rings. The van der Waals surface area contributed by atoms with E-state index >= 15 is 0 Å². The molecule has 7 heteroatoms. The Morgan fingerprint density at radius 2 is 1.93 bits per heavy atom. The van der Waals surface area contributed by atoms with Gasteiger partial charge in [0.25, 0.3) is 0 Å². The van der Waals surface area contributed by atoms with Gasteiger partial charge < -0.3 is 25.3 Å². The molecule has 3 aliphatic rings. The molecule has 30 heavy (non-hydrogen) atoms.